The molecule has 1 unspecified atom stereocenters. The van der Waals surface area contributed by atoms with E-state index < -0.39 is 29.8 Å². The molecule has 1 aromatic rings. The van der Waals surface area contributed by atoms with Crippen molar-refractivity contribution in [2.45, 2.75) is 19.1 Å². The number of allylic oxidation sites excluding steroid dienone is 1. The highest BCUT2D eigenvalue weighted by atomic mass is 35.5. The molecule has 0 radical (unpaired) electrons. The summed E-state index contributed by atoms with van der Waals surface area (Å²) in [5.41, 5.74) is -0.224. The normalized spacial score (nSPS) is 17.6. The molecule has 0 spiro atoms. The first-order valence-corrected chi connectivity index (χ1v) is 8.60. The lowest BCUT2D eigenvalue weighted by atomic mass is 9.94. The molecular weight excluding hydrogens is 385 g/mol. The van der Waals surface area contributed by atoms with Crippen LogP contribution in [0, 0.1) is 0 Å². The van der Waals surface area contributed by atoms with Crippen molar-refractivity contribution >= 4 is 23.6 Å². The molecule has 0 saturated heterocycles. The van der Waals surface area contributed by atoms with Gasteiger partial charge in [0.25, 0.3) is 0 Å². The molecule has 9 heteroatoms. The molecule has 1 aliphatic heterocycles. The van der Waals surface area contributed by atoms with Gasteiger partial charge in [0, 0.05) is 6.54 Å². The monoisotopic (exact) mass is 402 g/mol. The third kappa shape index (κ3) is 4.44. The standard InChI is InChI=1S/C18H18ClF3N2O3/c1-3-9-24-13(10-19)14(16(25)27-4-2)15(23-17(24)26)11-5-7-12(8-6-11)18(20,21)22/h3,5-8,15H,1,4,9-10H2,2H3,(H,23,26). The van der Waals surface area contributed by atoms with Crippen LogP contribution in [0.2, 0.25) is 0 Å². The summed E-state index contributed by atoms with van der Waals surface area (Å²) >= 11 is 5.98. The zero-order valence-corrected chi connectivity index (χ0v) is 15.2. The van der Waals surface area contributed by atoms with E-state index in [0.717, 1.165) is 12.1 Å². The van der Waals surface area contributed by atoms with Crippen LogP contribution in [0.25, 0.3) is 0 Å². The number of hydrogen-bond acceptors (Lipinski definition) is 3. The zero-order chi connectivity index (χ0) is 20.2. The number of ether oxygens (including phenoxy) is 1. The van der Waals surface area contributed by atoms with Gasteiger partial charge in [-0.05, 0) is 24.6 Å². The molecule has 27 heavy (non-hydrogen) atoms. The molecule has 0 aromatic heterocycles. The summed E-state index contributed by atoms with van der Waals surface area (Å²) in [7, 11) is 0. The van der Waals surface area contributed by atoms with Crippen molar-refractivity contribution in [2.24, 2.45) is 0 Å². The van der Waals surface area contributed by atoms with Crippen LogP contribution in [0.5, 0.6) is 0 Å². The Labute approximate surface area is 159 Å². The lowest BCUT2D eigenvalue weighted by molar-refractivity contribution is -0.139. The van der Waals surface area contributed by atoms with Gasteiger partial charge in [-0.15, -0.1) is 18.2 Å². The quantitative estimate of drug-likeness (QED) is 0.444. The molecule has 146 valence electrons. The summed E-state index contributed by atoms with van der Waals surface area (Å²) in [5.74, 6) is -0.862. The number of rotatable bonds is 6. The van der Waals surface area contributed by atoms with Crippen molar-refractivity contribution in [3.05, 3.63) is 59.3 Å². The topological polar surface area (TPSA) is 58.6 Å². The summed E-state index contributed by atoms with van der Waals surface area (Å²) < 4.78 is 43.5. The molecule has 2 rings (SSSR count). The Kier molecular flexibility index (Phi) is 6.54. The number of nitrogens with zero attached hydrogens (tertiary/aromatic N) is 1. The van der Waals surface area contributed by atoms with Crippen LogP contribution >= 0.6 is 11.6 Å². The smallest absolute Gasteiger partial charge is 0.416 e. The molecule has 0 bridgehead atoms. The van der Waals surface area contributed by atoms with Gasteiger partial charge in [-0.1, -0.05) is 18.2 Å². The number of urea groups is 1. The lowest BCUT2D eigenvalue weighted by Crippen LogP contribution is -2.49. The van der Waals surface area contributed by atoms with Crippen LogP contribution in [-0.2, 0) is 15.7 Å². The van der Waals surface area contributed by atoms with Crippen molar-refractivity contribution in [2.75, 3.05) is 19.0 Å². The minimum Gasteiger partial charge on any atom is -0.463 e. The molecule has 1 atom stereocenters. The minimum absolute atomic E-state index is 0.0769. The van der Waals surface area contributed by atoms with Crippen molar-refractivity contribution < 1.29 is 27.5 Å². The van der Waals surface area contributed by atoms with E-state index in [-0.39, 0.29) is 30.3 Å². The molecule has 2 amide bonds. The van der Waals surface area contributed by atoms with E-state index in [1.165, 1.54) is 23.1 Å². The largest absolute Gasteiger partial charge is 0.463 e. The molecular formula is C18H18ClF3N2O3. The number of alkyl halides is 4. The predicted molar refractivity (Wildman–Crippen MR) is 94.0 cm³/mol. The average Bonchev–Trinajstić information content (AvgIpc) is 2.62. The summed E-state index contributed by atoms with van der Waals surface area (Å²) in [6.45, 7) is 5.38. The van der Waals surface area contributed by atoms with E-state index >= 15 is 0 Å². The summed E-state index contributed by atoms with van der Waals surface area (Å²) in [4.78, 5) is 26.2. The van der Waals surface area contributed by atoms with Gasteiger partial charge in [-0.25, -0.2) is 9.59 Å². The van der Waals surface area contributed by atoms with Crippen LogP contribution in [-0.4, -0.2) is 35.9 Å². The Balaban J connectivity index is 2.55. The van der Waals surface area contributed by atoms with E-state index in [4.69, 9.17) is 16.3 Å². The lowest BCUT2D eigenvalue weighted by Gasteiger charge is -2.35. The van der Waals surface area contributed by atoms with Crippen molar-refractivity contribution in [1.82, 2.24) is 10.2 Å². The van der Waals surface area contributed by atoms with E-state index in [1.807, 2.05) is 0 Å². The minimum atomic E-state index is -4.49. The molecule has 1 aromatic carbocycles. The maximum Gasteiger partial charge on any atom is 0.416 e. The predicted octanol–water partition coefficient (Wildman–Crippen LogP) is 4.01. The number of esters is 1. The number of carbonyl (C=O) groups excluding carboxylic acids is 2. The van der Waals surface area contributed by atoms with Gasteiger partial charge in [0.15, 0.2) is 0 Å². The number of hydrogen-bond donors (Lipinski definition) is 1. The Bertz CT molecular complexity index is 760. The van der Waals surface area contributed by atoms with Crippen molar-refractivity contribution in [3.8, 4) is 0 Å². The first-order chi connectivity index (χ1) is 12.7. The van der Waals surface area contributed by atoms with E-state index in [0.29, 0.717) is 5.56 Å². The SMILES string of the molecule is C=CCN1C(=O)NC(c2ccc(C(F)(F)F)cc2)C(C(=O)OCC)=C1CCl. The third-order valence-electron chi connectivity index (χ3n) is 3.94. The van der Waals surface area contributed by atoms with E-state index in [9.17, 15) is 22.8 Å². The highest BCUT2D eigenvalue weighted by Crippen LogP contribution is 2.34. The second-order valence-electron chi connectivity index (χ2n) is 5.62. The fourth-order valence-electron chi connectivity index (χ4n) is 2.73. The Morgan fingerprint density at radius 1 is 1.37 bits per heavy atom. The van der Waals surface area contributed by atoms with Gasteiger partial charge < -0.3 is 10.1 Å². The molecule has 0 saturated carbocycles. The Morgan fingerprint density at radius 2 is 2.00 bits per heavy atom. The van der Waals surface area contributed by atoms with Crippen LogP contribution in [0.3, 0.4) is 0 Å². The van der Waals surface area contributed by atoms with E-state index in [2.05, 4.69) is 11.9 Å². The van der Waals surface area contributed by atoms with Gasteiger partial charge in [0.1, 0.15) is 0 Å². The number of halogens is 4. The van der Waals surface area contributed by atoms with Crippen LogP contribution in [0.4, 0.5) is 18.0 Å². The van der Waals surface area contributed by atoms with Crippen LogP contribution in [0.15, 0.2) is 48.2 Å². The van der Waals surface area contributed by atoms with Crippen molar-refractivity contribution in [3.63, 3.8) is 0 Å². The third-order valence-corrected chi connectivity index (χ3v) is 4.20. The maximum atomic E-state index is 12.8. The highest BCUT2D eigenvalue weighted by Gasteiger charge is 2.38. The van der Waals surface area contributed by atoms with Gasteiger partial charge in [-0.3, -0.25) is 4.90 Å². The van der Waals surface area contributed by atoms with Gasteiger partial charge >= 0.3 is 18.2 Å². The first-order valence-electron chi connectivity index (χ1n) is 8.06. The average molecular weight is 403 g/mol. The molecule has 0 fully saturated rings. The Morgan fingerprint density at radius 3 is 2.48 bits per heavy atom. The fraction of sp³-hybridized carbons (Fsp3) is 0.333. The summed E-state index contributed by atoms with van der Waals surface area (Å²) in [6, 6.07) is 2.68. The number of benzene rings is 1. The molecule has 0 aliphatic carbocycles. The van der Waals surface area contributed by atoms with Gasteiger partial charge in [-0.2, -0.15) is 13.2 Å². The van der Waals surface area contributed by atoms with Gasteiger partial charge in [0.05, 0.1) is 35.4 Å². The summed E-state index contributed by atoms with van der Waals surface area (Å²) in [6.07, 6.45) is -3.02. The van der Waals surface area contributed by atoms with Crippen molar-refractivity contribution in [1.29, 1.82) is 0 Å². The second-order valence-corrected chi connectivity index (χ2v) is 5.88. The summed E-state index contributed by atoms with van der Waals surface area (Å²) in [5, 5.41) is 2.62. The fourth-order valence-corrected chi connectivity index (χ4v) is 3.02. The number of amides is 2. The maximum absolute atomic E-state index is 12.8. The number of nitrogens with one attached hydrogen (secondary N) is 1. The Hall–Kier alpha value is -2.48. The first kappa shape index (κ1) is 20.8. The molecule has 5 nitrogen and oxygen atoms in total. The highest BCUT2D eigenvalue weighted by molar-refractivity contribution is 6.20. The van der Waals surface area contributed by atoms with E-state index in [1.54, 1.807) is 6.92 Å². The van der Waals surface area contributed by atoms with Crippen LogP contribution < -0.4 is 5.32 Å². The molecule has 1 aliphatic rings. The number of carbonyl (C=O) groups is 2. The molecule has 1 heterocycles. The zero-order valence-electron chi connectivity index (χ0n) is 14.5. The molecule has 1 N–H and O–H groups in total. The second kappa shape index (κ2) is 8.47. The van der Waals surface area contributed by atoms with Gasteiger partial charge in [0.2, 0.25) is 0 Å². The van der Waals surface area contributed by atoms with Crippen LogP contribution in [0.1, 0.15) is 24.1 Å².